The second-order valence-corrected chi connectivity index (χ2v) is 30.3. The fraction of sp³-hybridized carbons (Fsp3) is 0.681. The number of aliphatic hydroxyl groups excluding tert-OH is 16. The van der Waals surface area contributed by atoms with Gasteiger partial charge in [-0.3, -0.25) is 14.4 Å². The molecule has 5 heterocycles. The first-order valence-electron chi connectivity index (χ1n) is 42.4. The van der Waals surface area contributed by atoms with Crippen LogP contribution in [0.25, 0.3) is 0 Å². The highest BCUT2D eigenvalue weighted by molar-refractivity contribution is 5.94. The first-order valence-corrected chi connectivity index (χ1v) is 42.4. The van der Waals surface area contributed by atoms with Crippen molar-refractivity contribution in [2.75, 3.05) is 39.6 Å². The van der Waals surface area contributed by atoms with Crippen molar-refractivity contribution >= 4 is 29.5 Å². The number of ether oxygens (including phenoxy) is 10. The molecule has 0 radical (unpaired) electrons. The molecule has 35 nitrogen and oxygen atoms in total. The van der Waals surface area contributed by atoms with E-state index in [2.05, 4.69) is 160 Å². The highest BCUT2D eigenvalue weighted by Gasteiger charge is 2.57. The molecule has 0 aromatic heterocycles. The first-order chi connectivity index (χ1) is 60.7. The van der Waals surface area contributed by atoms with Gasteiger partial charge in [-0.1, -0.05) is 103 Å². The van der Waals surface area contributed by atoms with Crippen molar-refractivity contribution in [1.82, 2.24) is 10.6 Å². The number of carbonyl (C=O) groups is 5. The van der Waals surface area contributed by atoms with Crippen LogP contribution in [0.15, 0.2) is 0 Å². The van der Waals surface area contributed by atoms with Crippen LogP contribution < -0.4 is 10.6 Å². The minimum atomic E-state index is -2.32. The van der Waals surface area contributed by atoms with Crippen LogP contribution in [0.4, 0.5) is 0 Å². The van der Waals surface area contributed by atoms with Gasteiger partial charge in [-0.2, -0.15) is 0 Å². The van der Waals surface area contributed by atoms with Crippen molar-refractivity contribution in [2.24, 2.45) is 0 Å². The predicted molar refractivity (Wildman–Crippen MR) is 443 cm³/mol. The molecular formula is C91H118N2O33. The lowest BCUT2D eigenvalue weighted by atomic mass is 9.90. The van der Waals surface area contributed by atoms with Gasteiger partial charge >= 0.3 is 11.9 Å². The molecule has 126 heavy (non-hydrogen) atoms. The molecule has 0 saturated carbocycles. The van der Waals surface area contributed by atoms with Crippen molar-refractivity contribution in [2.45, 2.75) is 352 Å². The third-order valence-electron chi connectivity index (χ3n) is 20.8. The monoisotopic (exact) mass is 1770 g/mol. The Hall–Kier alpha value is -8.77. The average Bonchev–Trinajstić information content (AvgIpc) is 0.772. The molecule has 0 aromatic rings. The van der Waals surface area contributed by atoms with Gasteiger partial charge in [0.05, 0.1) is 38.1 Å². The minimum Gasteiger partial charge on any atom is -0.479 e. The molecule has 2 amide bonds. The van der Waals surface area contributed by atoms with Gasteiger partial charge in [-0.25, -0.2) is 9.59 Å². The number of Topliss-reactive ketones (excluding diaryl/α,β-unsaturated/α-hetero) is 1. The fourth-order valence-electron chi connectivity index (χ4n) is 13.9. The van der Waals surface area contributed by atoms with E-state index >= 15 is 0 Å². The molecular weight excluding hydrogens is 1650 g/mol. The van der Waals surface area contributed by atoms with Crippen LogP contribution in [0, 0.1) is 142 Å². The third kappa shape index (κ3) is 38.3. The number of unbranched alkanes of at least 4 members (excludes halogenated alkanes) is 16. The second-order valence-electron chi connectivity index (χ2n) is 30.3. The minimum absolute atomic E-state index is 0.0337. The summed E-state index contributed by atoms with van der Waals surface area (Å²) in [5.74, 6) is 55.0. The lowest BCUT2D eigenvalue weighted by Crippen LogP contribution is -2.68. The zero-order valence-electron chi connectivity index (χ0n) is 70.5. The van der Waals surface area contributed by atoms with Gasteiger partial charge in [0.25, 0.3) is 5.91 Å². The fourth-order valence-corrected chi connectivity index (χ4v) is 13.9. The summed E-state index contributed by atoms with van der Waals surface area (Å²) in [4.78, 5) is 62.5. The van der Waals surface area contributed by atoms with E-state index in [-0.39, 0.29) is 76.5 Å². The number of amides is 2. The SMILES string of the molecule is CC#CC#CC#CC#CC#CC#CC#CC#CC#CC#CC#CC#CC(=O)N[C@@H](CCC1OC(COCCCCCCNC(=O)CCCCC(=O)CCCCOC2OC(CO)C(OC3OC(C(=O)O)C(O)C(OC4OC(CO)C(OC5OC(C(=O)O)C(O)C(O)C5O)C(O)C4O)C3O)C(O)C2O)C(O)C(O)C1O)[C@H](O)[C@H](O)CCCCCCCCCCCCCC. The summed E-state index contributed by atoms with van der Waals surface area (Å²) in [6.07, 6.45) is -32.5. The van der Waals surface area contributed by atoms with E-state index in [4.69, 9.17) is 47.4 Å². The molecule has 0 aliphatic carbocycles. The van der Waals surface area contributed by atoms with E-state index in [1.165, 1.54) is 44.9 Å². The standard InChI is InChI=1S/C91H118N2O33/c1-3-5-7-9-11-13-15-17-18-19-20-21-22-23-24-25-26-27-29-31-33-35-39-50-67(99)93-60(68(100)61(97)48-38-34-32-30-28-16-14-12-10-8-6-4-2)51-52-62-69(101)71(103)70(102)65(119-62)58-117-54-44-37-36-43-53-92-66(98)49-41-40-46-59(96)47-42-45-55-118-88-77(109)74(106)81(63(56-94)120-88)123-91-80(112)83(79(111)85(126-91)87(115)116)124-89-78(110)75(107)82(64(57-95)121-89)122-90-76(108)72(104)73(105)84(125-90)86(113)114/h60-65,68-85,88-91,94-95,97,100-112H,4,6,8,10,12,14,16,28,30,32,34,36-38,40-49,51-58H2,1-2H3,(H,92,98)(H,93,99)(H,113,114)(H,115,116)/t60-,61+,62?,63?,64?,65?,68-,69?,70?,71?,72?,73?,74?,75?,76?,77?,78?,79?,80?,81?,82?,83?,84?,85?,88?,89?,90?,91?/m0/s1. The number of carboxylic acids is 2. The number of carbonyl (C=O) groups excluding carboxylic acids is 3. The van der Waals surface area contributed by atoms with Crippen molar-refractivity contribution in [3.8, 4) is 142 Å². The molecule has 28 atom stereocenters. The molecule has 0 bridgehead atoms. The van der Waals surface area contributed by atoms with Crippen LogP contribution in [-0.2, 0) is 71.3 Å². The summed E-state index contributed by atoms with van der Waals surface area (Å²) >= 11 is 0. The van der Waals surface area contributed by atoms with E-state index < -0.39 is 203 Å². The summed E-state index contributed by atoms with van der Waals surface area (Å²) in [7, 11) is 0. The maximum atomic E-state index is 13.2. The van der Waals surface area contributed by atoms with Gasteiger partial charge in [0, 0.05) is 80.5 Å². The number of ketones is 1. The Morgan fingerprint density at radius 2 is 0.794 bits per heavy atom. The Balaban J connectivity index is 0.974. The van der Waals surface area contributed by atoms with Crippen LogP contribution in [0.1, 0.15) is 181 Å². The molecule has 5 aliphatic rings. The molecule has 5 saturated heterocycles. The number of carboxylic acid groups (broad SMARTS) is 2. The summed E-state index contributed by atoms with van der Waals surface area (Å²) in [5.41, 5.74) is 0. The van der Waals surface area contributed by atoms with E-state index in [1.54, 1.807) is 6.92 Å². The van der Waals surface area contributed by atoms with E-state index in [1.807, 2.05) is 0 Å². The normalized spacial score (nSPS) is 29.3. The van der Waals surface area contributed by atoms with Gasteiger partial charge in [0.15, 0.2) is 37.4 Å². The highest BCUT2D eigenvalue weighted by Crippen LogP contribution is 2.36. The van der Waals surface area contributed by atoms with Crippen LogP contribution in [0.2, 0.25) is 0 Å². The van der Waals surface area contributed by atoms with E-state index in [0.29, 0.717) is 45.1 Å². The van der Waals surface area contributed by atoms with Gasteiger partial charge < -0.3 is 150 Å². The van der Waals surface area contributed by atoms with E-state index in [0.717, 1.165) is 38.5 Å². The number of hydrogen-bond acceptors (Lipinski definition) is 31. The Morgan fingerprint density at radius 3 is 1.32 bits per heavy atom. The van der Waals surface area contributed by atoms with Crippen molar-refractivity contribution in [3.63, 3.8) is 0 Å². The largest absolute Gasteiger partial charge is 0.479 e. The van der Waals surface area contributed by atoms with Crippen LogP contribution >= 0.6 is 0 Å². The Morgan fingerprint density at radius 1 is 0.381 bits per heavy atom. The van der Waals surface area contributed by atoms with Gasteiger partial charge in [0.2, 0.25) is 5.91 Å². The summed E-state index contributed by atoms with van der Waals surface area (Å²) in [5, 5.41) is 199. The Labute approximate surface area is 734 Å². The third-order valence-corrected chi connectivity index (χ3v) is 20.8. The van der Waals surface area contributed by atoms with Crippen LogP contribution in [0.5, 0.6) is 0 Å². The molecule has 690 valence electrons. The quantitative estimate of drug-likeness (QED) is 0.0207. The van der Waals surface area contributed by atoms with Crippen molar-refractivity contribution < 1.29 is 163 Å². The average molecular weight is 1770 g/mol. The summed E-state index contributed by atoms with van der Waals surface area (Å²) in [6.45, 7) is 2.27. The molecule has 20 N–H and O–H groups in total. The number of aliphatic carboxylic acids is 2. The number of aliphatic hydroxyl groups is 16. The van der Waals surface area contributed by atoms with Gasteiger partial charge in [-0.05, 0) is 159 Å². The first kappa shape index (κ1) is 108. The predicted octanol–water partition coefficient (Wildman–Crippen LogP) is -3.56. The summed E-state index contributed by atoms with van der Waals surface area (Å²) < 4.78 is 55.9. The zero-order valence-corrected chi connectivity index (χ0v) is 70.5. The molecule has 0 spiro atoms. The molecule has 0 aromatic carbocycles. The molecule has 5 fully saturated rings. The van der Waals surface area contributed by atoms with Crippen LogP contribution in [-0.4, -0.2) is 333 Å². The number of rotatable bonds is 49. The van der Waals surface area contributed by atoms with Crippen LogP contribution in [0.3, 0.4) is 0 Å². The number of nitrogens with one attached hydrogen (secondary N) is 2. The van der Waals surface area contributed by atoms with E-state index in [9.17, 15) is 116 Å². The second kappa shape index (κ2) is 61.6. The number of hydrogen-bond donors (Lipinski definition) is 20. The van der Waals surface area contributed by atoms with Crippen molar-refractivity contribution in [1.29, 1.82) is 0 Å². The molecule has 35 heteroatoms. The van der Waals surface area contributed by atoms with Crippen molar-refractivity contribution in [3.05, 3.63) is 0 Å². The smallest absolute Gasteiger partial charge is 0.335 e. The maximum absolute atomic E-state index is 13.2. The van der Waals surface area contributed by atoms with Gasteiger partial charge in [0.1, 0.15) is 122 Å². The molecule has 5 aliphatic heterocycles. The highest BCUT2D eigenvalue weighted by atomic mass is 16.8. The Kier molecular flexibility index (Phi) is 52.7. The molecule has 5 rings (SSSR count). The zero-order chi connectivity index (χ0) is 92.1. The lowest BCUT2D eigenvalue weighted by Gasteiger charge is -2.48. The molecule has 25 unspecified atom stereocenters. The maximum Gasteiger partial charge on any atom is 0.335 e. The summed E-state index contributed by atoms with van der Waals surface area (Å²) in [6, 6.07) is -1.09. The van der Waals surface area contributed by atoms with Gasteiger partial charge in [-0.15, -0.1) is 0 Å². The topological polar surface area (TPSA) is 566 Å². The lowest BCUT2D eigenvalue weighted by molar-refractivity contribution is -0.385. The Bertz CT molecular complexity index is 4210.